The molecule has 2 N–H and O–H groups in total. The molecule has 1 aromatic heterocycles. The number of benzene rings is 2. The molecule has 0 aliphatic rings. The van der Waals surface area contributed by atoms with Crippen LogP contribution in [0.3, 0.4) is 0 Å². The van der Waals surface area contributed by atoms with Crippen LogP contribution in [-0.2, 0) is 6.42 Å². The van der Waals surface area contributed by atoms with Gasteiger partial charge >= 0.3 is 0 Å². The predicted molar refractivity (Wildman–Crippen MR) is 86.9 cm³/mol. The van der Waals surface area contributed by atoms with Gasteiger partial charge in [0.2, 0.25) is 0 Å². The fourth-order valence-corrected chi connectivity index (χ4v) is 2.34. The highest BCUT2D eigenvalue weighted by Crippen LogP contribution is 2.25. The van der Waals surface area contributed by atoms with E-state index in [1.165, 1.54) is 0 Å². The molecule has 0 aliphatic carbocycles. The van der Waals surface area contributed by atoms with Crippen LogP contribution in [0.25, 0.3) is 16.7 Å². The maximum atomic E-state index is 9.14. The van der Waals surface area contributed by atoms with Gasteiger partial charge in [-0.15, -0.1) is 15.0 Å². The summed E-state index contributed by atoms with van der Waals surface area (Å²) < 4.78 is 5.74. The second-order valence-electron chi connectivity index (χ2n) is 5.18. The van der Waals surface area contributed by atoms with Crippen molar-refractivity contribution in [1.29, 1.82) is 0 Å². The number of fused-ring (bicyclic) bond motifs is 1. The predicted octanol–water partition coefficient (Wildman–Crippen LogP) is 1.72. The Morgan fingerprint density at radius 2 is 1.70 bits per heavy atom. The zero-order valence-corrected chi connectivity index (χ0v) is 12.7. The summed E-state index contributed by atoms with van der Waals surface area (Å²) in [7, 11) is 0. The molecule has 6 heteroatoms. The molecule has 3 rings (SSSR count). The Morgan fingerprint density at radius 1 is 0.957 bits per heavy atom. The van der Waals surface area contributed by atoms with E-state index in [0.29, 0.717) is 25.2 Å². The third-order valence-corrected chi connectivity index (χ3v) is 3.49. The molecule has 0 bridgehead atoms. The normalized spacial score (nSPS) is 11.0. The largest absolute Gasteiger partial charge is 0.491 e. The number of aromatic nitrogens is 3. The molecule has 0 aliphatic heterocycles. The van der Waals surface area contributed by atoms with Gasteiger partial charge in [-0.2, -0.15) is 0 Å². The van der Waals surface area contributed by atoms with Crippen molar-refractivity contribution < 1.29 is 14.9 Å². The van der Waals surface area contributed by atoms with Crippen LogP contribution in [0.4, 0.5) is 0 Å². The molecule has 120 valence electrons. The van der Waals surface area contributed by atoms with Crippen LogP contribution in [0.2, 0.25) is 0 Å². The van der Waals surface area contributed by atoms with E-state index in [1.807, 2.05) is 42.5 Å². The summed E-state index contributed by atoms with van der Waals surface area (Å²) in [5, 5.41) is 27.0. The number of ether oxygens (including phenoxy) is 1. The molecule has 6 nitrogen and oxygen atoms in total. The second kappa shape index (κ2) is 7.21. The molecule has 1 heterocycles. The molecule has 0 saturated heterocycles. The van der Waals surface area contributed by atoms with Crippen molar-refractivity contribution in [2.75, 3.05) is 19.8 Å². The van der Waals surface area contributed by atoms with Crippen molar-refractivity contribution in [3.63, 3.8) is 0 Å². The van der Waals surface area contributed by atoms with Crippen LogP contribution < -0.4 is 4.74 Å². The lowest BCUT2D eigenvalue weighted by molar-refractivity contribution is 0.233. The van der Waals surface area contributed by atoms with Gasteiger partial charge in [0.1, 0.15) is 22.5 Å². The zero-order chi connectivity index (χ0) is 16.1. The third-order valence-electron chi connectivity index (χ3n) is 3.49. The van der Waals surface area contributed by atoms with E-state index in [9.17, 15) is 0 Å². The molecule has 3 aromatic rings. The van der Waals surface area contributed by atoms with Gasteiger partial charge < -0.3 is 14.9 Å². The fraction of sp³-hybridized carbons (Fsp3) is 0.294. The monoisotopic (exact) mass is 313 g/mol. The quantitative estimate of drug-likeness (QED) is 0.649. The van der Waals surface area contributed by atoms with Gasteiger partial charge in [0, 0.05) is 19.6 Å². The number of rotatable bonds is 7. The first-order valence-electron chi connectivity index (χ1n) is 7.62. The van der Waals surface area contributed by atoms with Crippen LogP contribution in [0, 0.1) is 0 Å². The zero-order valence-electron chi connectivity index (χ0n) is 12.7. The van der Waals surface area contributed by atoms with E-state index < -0.39 is 0 Å². The molecule has 23 heavy (non-hydrogen) atoms. The molecule has 0 fully saturated rings. The lowest BCUT2D eigenvalue weighted by Gasteiger charge is -2.12. The topological polar surface area (TPSA) is 80.4 Å². The number of aliphatic hydroxyl groups is 2. The first-order valence-corrected chi connectivity index (χ1v) is 7.62. The number of hydrogen-bond acceptors (Lipinski definition) is 5. The Kier molecular flexibility index (Phi) is 4.85. The maximum Gasteiger partial charge on any atom is 0.146 e. The lowest BCUT2D eigenvalue weighted by Crippen LogP contribution is -2.07. The van der Waals surface area contributed by atoms with Crippen molar-refractivity contribution in [2.24, 2.45) is 0 Å². The SMILES string of the molecule is OCCCOc1ccc(CCO)cc1-n1nc2ccccc2n1. The molecule has 0 atom stereocenters. The summed E-state index contributed by atoms with van der Waals surface area (Å²) in [5.41, 5.74) is 3.33. The molecular weight excluding hydrogens is 294 g/mol. The minimum atomic E-state index is 0.0820. The van der Waals surface area contributed by atoms with E-state index in [-0.39, 0.29) is 13.2 Å². The highest BCUT2D eigenvalue weighted by Gasteiger charge is 2.11. The first-order chi connectivity index (χ1) is 11.3. The van der Waals surface area contributed by atoms with Gasteiger partial charge in [0.25, 0.3) is 0 Å². The first kappa shape index (κ1) is 15.5. The summed E-state index contributed by atoms with van der Waals surface area (Å²) in [4.78, 5) is 1.56. The van der Waals surface area contributed by atoms with Gasteiger partial charge in [0.05, 0.1) is 6.61 Å². The molecular formula is C17H19N3O3. The van der Waals surface area contributed by atoms with E-state index in [2.05, 4.69) is 10.2 Å². The number of aliphatic hydroxyl groups excluding tert-OH is 2. The summed E-state index contributed by atoms with van der Waals surface area (Å²) in [5.74, 6) is 0.653. The van der Waals surface area contributed by atoms with E-state index in [0.717, 1.165) is 22.3 Å². The second-order valence-corrected chi connectivity index (χ2v) is 5.18. The lowest BCUT2D eigenvalue weighted by atomic mass is 10.1. The standard InChI is InChI=1S/C17H19N3O3/c21-9-3-11-23-17-7-6-13(8-10-22)12-16(17)20-18-14-4-1-2-5-15(14)19-20/h1-2,4-7,12,21-22H,3,8-11H2. The van der Waals surface area contributed by atoms with Crippen molar-refractivity contribution in [2.45, 2.75) is 12.8 Å². The minimum absolute atomic E-state index is 0.0820. The van der Waals surface area contributed by atoms with Crippen LogP contribution in [-0.4, -0.2) is 45.0 Å². The Hall–Kier alpha value is -2.44. The summed E-state index contributed by atoms with van der Waals surface area (Å²) in [6.07, 6.45) is 1.12. The Bertz CT molecular complexity index is 753. The highest BCUT2D eigenvalue weighted by atomic mass is 16.5. The van der Waals surface area contributed by atoms with E-state index in [4.69, 9.17) is 14.9 Å². The highest BCUT2D eigenvalue weighted by molar-refractivity contribution is 5.73. The van der Waals surface area contributed by atoms with Gasteiger partial charge in [0.15, 0.2) is 0 Å². The smallest absolute Gasteiger partial charge is 0.146 e. The van der Waals surface area contributed by atoms with Gasteiger partial charge in [-0.25, -0.2) is 0 Å². The molecule has 0 spiro atoms. The molecule has 0 radical (unpaired) electrons. The Balaban J connectivity index is 2.00. The van der Waals surface area contributed by atoms with Crippen LogP contribution in [0.5, 0.6) is 5.75 Å². The van der Waals surface area contributed by atoms with E-state index in [1.54, 1.807) is 4.80 Å². The van der Waals surface area contributed by atoms with Gasteiger partial charge in [-0.05, 0) is 36.2 Å². The maximum absolute atomic E-state index is 9.14. The van der Waals surface area contributed by atoms with Crippen molar-refractivity contribution in [1.82, 2.24) is 15.0 Å². The Morgan fingerprint density at radius 3 is 2.35 bits per heavy atom. The van der Waals surface area contributed by atoms with E-state index >= 15 is 0 Å². The summed E-state index contributed by atoms with van der Waals surface area (Å²) in [6, 6.07) is 13.3. The van der Waals surface area contributed by atoms with Crippen LogP contribution in [0.1, 0.15) is 12.0 Å². The number of hydrogen-bond donors (Lipinski definition) is 2. The number of nitrogens with zero attached hydrogens (tertiary/aromatic N) is 3. The summed E-state index contributed by atoms with van der Waals surface area (Å²) >= 11 is 0. The summed E-state index contributed by atoms with van der Waals surface area (Å²) in [6.45, 7) is 0.587. The third kappa shape index (κ3) is 3.49. The molecule has 0 amide bonds. The molecule has 2 aromatic carbocycles. The molecule has 0 saturated carbocycles. The van der Waals surface area contributed by atoms with Gasteiger partial charge in [-0.3, -0.25) is 0 Å². The van der Waals surface area contributed by atoms with Crippen molar-refractivity contribution in [3.05, 3.63) is 48.0 Å². The fourth-order valence-electron chi connectivity index (χ4n) is 2.34. The van der Waals surface area contributed by atoms with Crippen LogP contribution >= 0.6 is 0 Å². The van der Waals surface area contributed by atoms with Crippen molar-refractivity contribution in [3.8, 4) is 11.4 Å². The van der Waals surface area contributed by atoms with Crippen LogP contribution in [0.15, 0.2) is 42.5 Å². The molecule has 0 unspecified atom stereocenters. The Labute approximate surface area is 133 Å². The van der Waals surface area contributed by atoms with Gasteiger partial charge in [-0.1, -0.05) is 18.2 Å². The average Bonchev–Trinajstić information content (AvgIpc) is 3.00. The average molecular weight is 313 g/mol. The minimum Gasteiger partial charge on any atom is -0.491 e. The van der Waals surface area contributed by atoms with Crippen molar-refractivity contribution >= 4 is 11.0 Å².